The summed E-state index contributed by atoms with van der Waals surface area (Å²) in [6, 6.07) is 14.2. The molecule has 4 heteroatoms. The Morgan fingerprint density at radius 3 is 2.81 bits per heavy atom. The number of imidazole rings is 1. The van der Waals surface area contributed by atoms with E-state index in [0.29, 0.717) is 6.61 Å². The summed E-state index contributed by atoms with van der Waals surface area (Å²) in [5, 5.41) is 0.719. The summed E-state index contributed by atoms with van der Waals surface area (Å²) in [6.45, 7) is 3.47. The van der Waals surface area contributed by atoms with Gasteiger partial charge in [0.25, 0.3) is 0 Å². The maximum Gasteiger partial charge on any atom is 0.141 e. The molecule has 1 heterocycles. The zero-order chi connectivity index (χ0) is 14.8. The molecule has 1 aromatic heterocycles. The van der Waals surface area contributed by atoms with E-state index in [1.54, 1.807) is 7.11 Å². The Hall–Kier alpha value is -1.84. The van der Waals surface area contributed by atoms with Crippen molar-refractivity contribution >= 4 is 22.6 Å². The lowest BCUT2D eigenvalue weighted by Gasteiger charge is -2.09. The molecule has 0 saturated carbocycles. The van der Waals surface area contributed by atoms with Gasteiger partial charge in [0.15, 0.2) is 0 Å². The topological polar surface area (TPSA) is 27.1 Å². The van der Waals surface area contributed by atoms with Gasteiger partial charge in [-0.3, -0.25) is 0 Å². The Morgan fingerprint density at radius 2 is 2.05 bits per heavy atom. The third kappa shape index (κ3) is 2.80. The molecular weight excluding hydrogens is 284 g/mol. The number of fused-ring (bicyclic) bond motifs is 1. The van der Waals surface area contributed by atoms with Crippen molar-refractivity contribution in [1.29, 1.82) is 0 Å². The number of hydrogen-bond donors (Lipinski definition) is 0. The minimum atomic E-state index is 0.636. The smallest absolute Gasteiger partial charge is 0.141 e. The van der Waals surface area contributed by atoms with Crippen LogP contribution in [0.25, 0.3) is 22.4 Å². The molecule has 2 aromatic carbocycles. The SMILES string of the molecule is COCCn1c(-c2cccc(C)c2)nc2ccc(Cl)cc21. The molecule has 108 valence electrons. The Labute approximate surface area is 129 Å². The van der Waals surface area contributed by atoms with Gasteiger partial charge in [0.1, 0.15) is 5.82 Å². The van der Waals surface area contributed by atoms with Crippen LogP contribution in [0.5, 0.6) is 0 Å². The first-order valence-electron chi connectivity index (χ1n) is 6.91. The van der Waals surface area contributed by atoms with Crippen LogP contribution in [0.3, 0.4) is 0 Å². The van der Waals surface area contributed by atoms with Crippen LogP contribution >= 0.6 is 11.6 Å². The average molecular weight is 301 g/mol. The molecule has 0 aliphatic heterocycles. The quantitative estimate of drug-likeness (QED) is 0.718. The Kier molecular flexibility index (Phi) is 3.95. The monoisotopic (exact) mass is 300 g/mol. The maximum absolute atomic E-state index is 6.13. The molecule has 0 aliphatic rings. The van der Waals surface area contributed by atoms with Crippen molar-refractivity contribution in [3.05, 3.63) is 53.1 Å². The standard InChI is InChI=1S/C17H17ClN2O/c1-12-4-3-5-13(10-12)17-19-15-7-6-14(18)11-16(15)20(17)8-9-21-2/h3-7,10-11H,8-9H2,1-2H3. The average Bonchev–Trinajstić information content (AvgIpc) is 2.83. The number of methoxy groups -OCH3 is 1. The van der Waals surface area contributed by atoms with Gasteiger partial charge in [-0.15, -0.1) is 0 Å². The van der Waals surface area contributed by atoms with E-state index in [1.165, 1.54) is 5.56 Å². The predicted octanol–water partition coefficient (Wildman–Crippen LogP) is 4.31. The number of hydrogen-bond acceptors (Lipinski definition) is 2. The highest BCUT2D eigenvalue weighted by molar-refractivity contribution is 6.31. The first-order valence-corrected chi connectivity index (χ1v) is 7.28. The Balaban J connectivity index is 2.20. The molecule has 0 fully saturated rings. The van der Waals surface area contributed by atoms with Crippen molar-refractivity contribution in [1.82, 2.24) is 9.55 Å². The minimum Gasteiger partial charge on any atom is -0.383 e. The fourth-order valence-corrected chi connectivity index (χ4v) is 2.68. The molecule has 0 bridgehead atoms. The second-order valence-electron chi connectivity index (χ2n) is 5.08. The number of nitrogens with zero attached hydrogens (tertiary/aromatic N) is 2. The molecule has 0 aliphatic carbocycles. The van der Waals surface area contributed by atoms with Crippen molar-refractivity contribution < 1.29 is 4.74 Å². The highest BCUT2D eigenvalue weighted by Crippen LogP contribution is 2.27. The number of ether oxygens (including phenoxy) is 1. The molecule has 0 unspecified atom stereocenters. The van der Waals surface area contributed by atoms with E-state index in [-0.39, 0.29) is 0 Å². The van der Waals surface area contributed by atoms with E-state index in [9.17, 15) is 0 Å². The van der Waals surface area contributed by atoms with E-state index in [4.69, 9.17) is 21.3 Å². The van der Waals surface area contributed by atoms with Crippen LogP contribution in [-0.4, -0.2) is 23.3 Å². The van der Waals surface area contributed by atoms with Gasteiger partial charge in [-0.05, 0) is 31.2 Å². The second kappa shape index (κ2) is 5.88. The summed E-state index contributed by atoms with van der Waals surface area (Å²) in [7, 11) is 1.71. The fourth-order valence-electron chi connectivity index (χ4n) is 2.51. The first-order chi connectivity index (χ1) is 10.2. The van der Waals surface area contributed by atoms with Crippen molar-refractivity contribution in [2.24, 2.45) is 0 Å². The van der Waals surface area contributed by atoms with Crippen LogP contribution < -0.4 is 0 Å². The van der Waals surface area contributed by atoms with Gasteiger partial charge in [0.05, 0.1) is 17.6 Å². The molecule has 0 N–H and O–H groups in total. The number of aryl methyl sites for hydroxylation is 1. The summed E-state index contributed by atoms with van der Waals surface area (Å²) in [6.07, 6.45) is 0. The van der Waals surface area contributed by atoms with Gasteiger partial charge >= 0.3 is 0 Å². The van der Waals surface area contributed by atoms with Gasteiger partial charge in [0, 0.05) is 24.2 Å². The lowest BCUT2D eigenvalue weighted by Crippen LogP contribution is -2.06. The molecule has 0 radical (unpaired) electrons. The highest BCUT2D eigenvalue weighted by Gasteiger charge is 2.13. The third-order valence-electron chi connectivity index (χ3n) is 3.51. The van der Waals surface area contributed by atoms with Gasteiger partial charge < -0.3 is 9.30 Å². The van der Waals surface area contributed by atoms with E-state index >= 15 is 0 Å². The molecule has 21 heavy (non-hydrogen) atoms. The summed E-state index contributed by atoms with van der Waals surface area (Å²) in [4.78, 5) is 4.77. The van der Waals surface area contributed by atoms with Crippen molar-refractivity contribution in [2.75, 3.05) is 13.7 Å². The number of benzene rings is 2. The number of halogens is 1. The largest absolute Gasteiger partial charge is 0.383 e. The lowest BCUT2D eigenvalue weighted by atomic mass is 10.1. The number of aromatic nitrogens is 2. The summed E-state index contributed by atoms with van der Waals surface area (Å²) in [5.74, 6) is 0.952. The molecule has 3 nitrogen and oxygen atoms in total. The van der Waals surface area contributed by atoms with E-state index in [2.05, 4.69) is 35.8 Å². The van der Waals surface area contributed by atoms with Crippen LogP contribution in [-0.2, 0) is 11.3 Å². The molecule has 3 rings (SSSR count). The molecule has 0 saturated heterocycles. The molecule has 3 aromatic rings. The summed E-state index contributed by atoms with van der Waals surface area (Å²) < 4.78 is 7.39. The highest BCUT2D eigenvalue weighted by atomic mass is 35.5. The van der Waals surface area contributed by atoms with Crippen LogP contribution in [0.4, 0.5) is 0 Å². The van der Waals surface area contributed by atoms with Gasteiger partial charge in [0.2, 0.25) is 0 Å². The van der Waals surface area contributed by atoms with Crippen LogP contribution in [0.2, 0.25) is 5.02 Å². The Bertz CT molecular complexity index is 780. The van der Waals surface area contributed by atoms with Crippen LogP contribution in [0, 0.1) is 6.92 Å². The molecule has 0 spiro atoms. The summed E-state index contributed by atoms with van der Waals surface area (Å²) in [5.41, 5.74) is 4.32. The molecule has 0 amide bonds. The zero-order valence-corrected chi connectivity index (χ0v) is 12.9. The fraction of sp³-hybridized carbons (Fsp3) is 0.235. The van der Waals surface area contributed by atoms with E-state index < -0.39 is 0 Å². The zero-order valence-electron chi connectivity index (χ0n) is 12.1. The van der Waals surface area contributed by atoms with Crippen LogP contribution in [0.1, 0.15) is 5.56 Å². The van der Waals surface area contributed by atoms with E-state index in [1.807, 2.05) is 18.2 Å². The van der Waals surface area contributed by atoms with E-state index in [0.717, 1.165) is 34.0 Å². The Morgan fingerprint density at radius 1 is 1.19 bits per heavy atom. The second-order valence-corrected chi connectivity index (χ2v) is 5.52. The minimum absolute atomic E-state index is 0.636. The van der Waals surface area contributed by atoms with Crippen molar-refractivity contribution in [2.45, 2.75) is 13.5 Å². The molecular formula is C17H17ClN2O. The predicted molar refractivity (Wildman–Crippen MR) is 86.8 cm³/mol. The maximum atomic E-state index is 6.13. The van der Waals surface area contributed by atoms with Gasteiger partial charge in [-0.1, -0.05) is 35.4 Å². The third-order valence-corrected chi connectivity index (χ3v) is 3.74. The van der Waals surface area contributed by atoms with Gasteiger partial charge in [-0.2, -0.15) is 0 Å². The summed E-state index contributed by atoms with van der Waals surface area (Å²) >= 11 is 6.13. The van der Waals surface area contributed by atoms with Gasteiger partial charge in [-0.25, -0.2) is 4.98 Å². The molecule has 0 atom stereocenters. The number of rotatable bonds is 4. The lowest BCUT2D eigenvalue weighted by molar-refractivity contribution is 0.188. The first kappa shape index (κ1) is 14.1. The normalized spacial score (nSPS) is 11.2. The van der Waals surface area contributed by atoms with Crippen LogP contribution in [0.15, 0.2) is 42.5 Å². The van der Waals surface area contributed by atoms with Crippen molar-refractivity contribution in [3.8, 4) is 11.4 Å². The van der Waals surface area contributed by atoms with Crippen molar-refractivity contribution in [3.63, 3.8) is 0 Å².